The molecule has 20 heavy (non-hydrogen) atoms. The highest BCUT2D eigenvalue weighted by molar-refractivity contribution is 5.64. The molecular formula is C19H29O. The first-order chi connectivity index (χ1) is 9.81. The van der Waals surface area contributed by atoms with E-state index >= 15 is 0 Å². The van der Waals surface area contributed by atoms with Crippen molar-refractivity contribution in [3.8, 4) is 0 Å². The van der Waals surface area contributed by atoms with E-state index in [4.69, 9.17) is 4.74 Å². The van der Waals surface area contributed by atoms with Gasteiger partial charge in [-0.15, -0.1) is 0 Å². The van der Waals surface area contributed by atoms with E-state index in [0.717, 1.165) is 6.42 Å². The molecule has 1 aliphatic carbocycles. The lowest BCUT2D eigenvalue weighted by Crippen LogP contribution is -1.94. The first kappa shape index (κ1) is 15.4. The molecule has 0 aromatic heterocycles. The number of unbranched alkanes of at least 4 members (excludes halogenated alkanes) is 3. The third kappa shape index (κ3) is 3.37. The summed E-state index contributed by atoms with van der Waals surface area (Å²) in [5, 5.41) is 0. The second-order valence-corrected chi connectivity index (χ2v) is 5.95. The van der Waals surface area contributed by atoms with Crippen molar-refractivity contribution in [1.29, 1.82) is 0 Å². The summed E-state index contributed by atoms with van der Waals surface area (Å²) in [5.74, 6) is 1.23. The van der Waals surface area contributed by atoms with Crippen LogP contribution in [-0.4, -0.2) is 0 Å². The molecule has 0 atom stereocenters. The van der Waals surface area contributed by atoms with Gasteiger partial charge in [-0.3, -0.25) is 0 Å². The molecule has 0 bridgehead atoms. The number of fused-ring (bicyclic) bond motifs is 1. The third-order valence-electron chi connectivity index (χ3n) is 4.25. The van der Waals surface area contributed by atoms with Crippen LogP contribution in [0.4, 0.5) is 0 Å². The molecule has 1 heterocycles. The highest BCUT2D eigenvalue weighted by Crippen LogP contribution is 2.45. The predicted octanol–water partition coefficient (Wildman–Crippen LogP) is 6.24. The van der Waals surface area contributed by atoms with Crippen LogP contribution in [0, 0.1) is 6.61 Å². The second-order valence-electron chi connectivity index (χ2n) is 5.95. The Morgan fingerprint density at radius 3 is 2.20 bits per heavy atom. The van der Waals surface area contributed by atoms with Gasteiger partial charge < -0.3 is 4.74 Å². The molecule has 111 valence electrons. The van der Waals surface area contributed by atoms with Crippen molar-refractivity contribution < 1.29 is 4.74 Å². The molecule has 0 saturated carbocycles. The third-order valence-corrected chi connectivity index (χ3v) is 4.25. The largest absolute Gasteiger partial charge is 0.485 e. The van der Waals surface area contributed by atoms with Gasteiger partial charge in [-0.2, -0.15) is 0 Å². The van der Waals surface area contributed by atoms with E-state index in [2.05, 4.69) is 26.8 Å². The maximum absolute atomic E-state index is 5.84. The lowest BCUT2D eigenvalue weighted by Gasteiger charge is -2.11. The second kappa shape index (κ2) is 7.71. The summed E-state index contributed by atoms with van der Waals surface area (Å²) in [6.45, 7) is 8.77. The van der Waals surface area contributed by atoms with Crippen LogP contribution in [0.2, 0.25) is 0 Å². The Balaban J connectivity index is 2.21. The fourth-order valence-corrected chi connectivity index (χ4v) is 3.05. The molecule has 0 unspecified atom stereocenters. The zero-order valence-corrected chi connectivity index (χ0v) is 13.4. The van der Waals surface area contributed by atoms with Crippen LogP contribution < -0.4 is 0 Å². The van der Waals surface area contributed by atoms with Crippen molar-refractivity contribution in [3.63, 3.8) is 0 Å². The number of allylic oxidation sites excluding steroid dienone is 4. The van der Waals surface area contributed by atoms with E-state index in [1.165, 1.54) is 68.3 Å². The van der Waals surface area contributed by atoms with Gasteiger partial charge in [0.25, 0.3) is 0 Å². The lowest BCUT2D eigenvalue weighted by molar-refractivity contribution is 0.304. The highest BCUT2D eigenvalue weighted by atomic mass is 16.5. The van der Waals surface area contributed by atoms with Gasteiger partial charge in [0.2, 0.25) is 0 Å². The Morgan fingerprint density at radius 1 is 0.850 bits per heavy atom. The Bertz CT molecular complexity index is 423. The molecule has 2 aliphatic rings. The van der Waals surface area contributed by atoms with Crippen molar-refractivity contribution in [2.75, 3.05) is 0 Å². The van der Waals surface area contributed by atoms with E-state index < -0.39 is 0 Å². The molecule has 1 radical (unpaired) electrons. The van der Waals surface area contributed by atoms with Gasteiger partial charge in [-0.05, 0) is 43.3 Å². The molecule has 0 fully saturated rings. The summed E-state index contributed by atoms with van der Waals surface area (Å²) >= 11 is 0. The summed E-state index contributed by atoms with van der Waals surface area (Å²) in [6, 6.07) is 0. The smallest absolute Gasteiger partial charge is 0.165 e. The fourth-order valence-electron chi connectivity index (χ4n) is 3.05. The zero-order valence-electron chi connectivity index (χ0n) is 13.4. The highest BCUT2D eigenvalue weighted by Gasteiger charge is 2.30. The molecular weight excluding hydrogens is 244 g/mol. The normalized spacial score (nSPS) is 17.6. The minimum absolute atomic E-state index is 1.09. The van der Waals surface area contributed by atoms with Crippen LogP contribution in [0.25, 0.3) is 0 Å². The van der Waals surface area contributed by atoms with Crippen LogP contribution in [-0.2, 0) is 4.74 Å². The Labute approximate surface area is 124 Å². The van der Waals surface area contributed by atoms with Crippen molar-refractivity contribution in [2.24, 2.45) is 0 Å². The topological polar surface area (TPSA) is 9.23 Å². The van der Waals surface area contributed by atoms with Gasteiger partial charge in [0.1, 0.15) is 5.76 Å². The number of ether oxygens (including phenoxy) is 1. The predicted molar refractivity (Wildman–Crippen MR) is 86.1 cm³/mol. The quantitative estimate of drug-likeness (QED) is 0.483. The molecule has 0 amide bonds. The van der Waals surface area contributed by atoms with Gasteiger partial charge >= 0.3 is 0 Å². The van der Waals surface area contributed by atoms with Crippen LogP contribution in [0.3, 0.4) is 0 Å². The van der Waals surface area contributed by atoms with Gasteiger partial charge in [-0.1, -0.05) is 46.1 Å². The Morgan fingerprint density at radius 2 is 1.50 bits per heavy atom. The van der Waals surface area contributed by atoms with Gasteiger partial charge in [0, 0.05) is 17.6 Å². The van der Waals surface area contributed by atoms with Crippen LogP contribution in [0.15, 0.2) is 34.1 Å². The first-order valence-electron chi connectivity index (χ1n) is 8.49. The Kier molecular flexibility index (Phi) is 5.94. The zero-order chi connectivity index (χ0) is 14.4. The lowest BCUT2D eigenvalue weighted by atomic mass is 9.94. The van der Waals surface area contributed by atoms with Crippen LogP contribution in [0.1, 0.15) is 78.6 Å². The molecule has 0 N–H and O–H groups in total. The van der Waals surface area contributed by atoms with Crippen molar-refractivity contribution in [2.45, 2.75) is 78.6 Å². The molecule has 1 nitrogen and oxygen atoms in total. The number of rotatable bonds is 9. The minimum Gasteiger partial charge on any atom is -0.485 e. The van der Waals surface area contributed by atoms with Crippen LogP contribution in [0.5, 0.6) is 0 Å². The average Bonchev–Trinajstić information content (AvgIpc) is 3.00. The average molecular weight is 273 g/mol. The summed E-state index contributed by atoms with van der Waals surface area (Å²) in [5.41, 5.74) is 5.97. The van der Waals surface area contributed by atoms with Gasteiger partial charge in [-0.25, -0.2) is 0 Å². The monoisotopic (exact) mass is 273 g/mol. The number of hydrogen-bond donors (Lipinski definition) is 0. The summed E-state index contributed by atoms with van der Waals surface area (Å²) in [7, 11) is 0. The fraction of sp³-hybridized carbons (Fsp3) is 0.632. The van der Waals surface area contributed by atoms with E-state index in [-0.39, 0.29) is 0 Å². The SMILES string of the molecule is CCCCC1=C(CCCC)C2=C(CCCC)O[CH]C2=C1. The number of hydrogen-bond acceptors (Lipinski definition) is 1. The van der Waals surface area contributed by atoms with Crippen LogP contribution >= 0.6 is 0 Å². The van der Waals surface area contributed by atoms with E-state index in [1.54, 1.807) is 11.1 Å². The summed E-state index contributed by atoms with van der Waals surface area (Å²) in [6.07, 6.45) is 13.5. The summed E-state index contributed by atoms with van der Waals surface area (Å²) < 4.78 is 5.84. The molecule has 0 aromatic rings. The molecule has 2 rings (SSSR count). The first-order valence-corrected chi connectivity index (χ1v) is 8.49. The summed E-state index contributed by atoms with van der Waals surface area (Å²) in [4.78, 5) is 0. The molecule has 0 spiro atoms. The van der Waals surface area contributed by atoms with E-state index in [0.29, 0.717) is 0 Å². The van der Waals surface area contributed by atoms with Gasteiger partial charge in [0.15, 0.2) is 6.61 Å². The van der Waals surface area contributed by atoms with Crippen molar-refractivity contribution >= 4 is 0 Å². The molecule has 1 aliphatic heterocycles. The van der Waals surface area contributed by atoms with Gasteiger partial charge in [0.05, 0.1) is 0 Å². The standard InChI is InChI=1S/C19H29O/c1-4-7-10-15-13-16-14-20-18(12-9-6-3)19(16)17(15)11-8-5-2/h13-14H,4-12H2,1-3H3. The maximum Gasteiger partial charge on any atom is 0.165 e. The molecule has 1 heteroatoms. The minimum atomic E-state index is 1.09. The maximum atomic E-state index is 5.84. The van der Waals surface area contributed by atoms with E-state index in [1.807, 2.05) is 6.61 Å². The Hall–Kier alpha value is -0.980. The molecule has 0 saturated heterocycles. The van der Waals surface area contributed by atoms with Crippen molar-refractivity contribution in [1.82, 2.24) is 0 Å². The van der Waals surface area contributed by atoms with Crippen molar-refractivity contribution in [3.05, 3.63) is 40.7 Å². The van der Waals surface area contributed by atoms with E-state index in [9.17, 15) is 0 Å². The molecule has 0 aromatic carbocycles.